The predicted molar refractivity (Wildman–Crippen MR) is 143 cm³/mol. The number of fused-ring (bicyclic) bond motifs is 1. The molecule has 3 heterocycles. The summed E-state index contributed by atoms with van der Waals surface area (Å²) in [5, 5.41) is 92.3. The summed E-state index contributed by atoms with van der Waals surface area (Å²) >= 11 is 0. The van der Waals surface area contributed by atoms with Crippen LogP contribution in [0.15, 0.2) is 45.8 Å². The zero-order valence-electron chi connectivity index (χ0n) is 22.6. The summed E-state index contributed by atoms with van der Waals surface area (Å²) in [6.07, 6.45) is -15.7. The fraction of sp³-hybridized carbons (Fsp3) is 0.464. The van der Waals surface area contributed by atoms with E-state index in [1.165, 1.54) is 31.4 Å². The van der Waals surface area contributed by atoms with Gasteiger partial charge in [-0.2, -0.15) is 0 Å². The summed E-state index contributed by atoms with van der Waals surface area (Å²) in [4.78, 5) is 13.6. The van der Waals surface area contributed by atoms with Gasteiger partial charge in [0.05, 0.1) is 31.5 Å². The van der Waals surface area contributed by atoms with Crippen molar-refractivity contribution in [3.63, 3.8) is 0 Å². The van der Waals surface area contributed by atoms with Crippen LogP contribution in [0.2, 0.25) is 0 Å². The van der Waals surface area contributed by atoms with E-state index < -0.39 is 85.6 Å². The maximum atomic E-state index is 13.6. The number of aromatic hydroxyl groups is 2. The molecule has 15 heteroatoms. The van der Waals surface area contributed by atoms with Crippen LogP contribution < -0.4 is 10.2 Å². The Morgan fingerprint density at radius 1 is 0.837 bits per heavy atom. The molecule has 0 saturated carbocycles. The molecule has 15 nitrogen and oxygen atoms in total. The fourth-order valence-electron chi connectivity index (χ4n) is 5.37. The highest BCUT2D eigenvalue weighted by Crippen LogP contribution is 2.45. The quantitative estimate of drug-likeness (QED) is 0.144. The molecule has 2 fully saturated rings. The molecule has 0 radical (unpaired) electrons. The molecule has 0 aliphatic carbocycles. The lowest BCUT2D eigenvalue weighted by molar-refractivity contribution is -0.342. The second-order valence-electron chi connectivity index (χ2n) is 10.3. The van der Waals surface area contributed by atoms with Crippen LogP contribution in [0.3, 0.4) is 0 Å². The van der Waals surface area contributed by atoms with Crippen molar-refractivity contribution >= 4 is 11.0 Å². The summed E-state index contributed by atoms with van der Waals surface area (Å²) in [5.74, 6) is -0.687. The maximum Gasteiger partial charge on any atom is 0.204 e. The van der Waals surface area contributed by atoms with Crippen LogP contribution in [0.5, 0.6) is 17.2 Å². The second kappa shape index (κ2) is 12.3. The largest absolute Gasteiger partial charge is 0.508 e. The SMILES string of the molecule is COc1cc(O)c2c(=O)c(-c3ccc(O)cc3)coc2c1[C@@H]1O[C@H](CO)[C@@H](O)[C@H](O)[C@H]1O[C@@H]1O[C@H](CO)[C@@H](O)[C@H](O)[C@H]1O. The summed E-state index contributed by atoms with van der Waals surface area (Å²) in [5.41, 5.74) is -0.654. The summed E-state index contributed by atoms with van der Waals surface area (Å²) in [7, 11) is 1.23. The van der Waals surface area contributed by atoms with E-state index in [2.05, 4.69) is 0 Å². The van der Waals surface area contributed by atoms with Crippen LogP contribution >= 0.6 is 0 Å². The van der Waals surface area contributed by atoms with Gasteiger partial charge >= 0.3 is 0 Å². The molecule has 0 spiro atoms. The van der Waals surface area contributed by atoms with E-state index in [9.17, 15) is 50.8 Å². The van der Waals surface area contributed by atoms with Gasteiger partial charge in [-0.25, -0.2) is 0 Å². The lowest BCUT2D eigenvalue weighted by Gasteiger charge is -2.46. The lowest BCUT2D eigenvalue weighted by Crippen LogP contribution is -2.62. The molecule has 0 amide bonds. The first-order valence-corrected chi connectivity index (χ1v) is 13.3. The van der Waals surface area contributed by atoms with Gasteiger partial charge < -0.3 is 69.3 Å². The van der Waals surface area contributed by atoms with Crippen molar-refractivity contribution in [2.75, 3.05) is 20.3 Å². The molecular formula is C28H32O15. The number of benzene rings is 2. The third kappa shape index (κ3) is 5.44. The van der Waals surface area contributed by atoms with E-state index in [1.807, 2.05) is 0 Å². The molecule has 10 atom stereocenters. The van der Waals surface area contributed by atoms with E-state index >= 15 is 0 Å². The first-order chi connectivity index (χ1) is 20.5. The monoisotopic (exact) mass is 608 g/mol. The zero-order valence-corrected chi connectivity index (χ0v) is 22.6. The molecule has 234 valence electrons. The standard InChI is InChI=1S/C28H32O15/c1-39-14-6-13(32)17-19(33)12(10-2-4-11(31)5-3-10)9-40-25(17)18(14)26-27(23(37)21(35)15(7-29)41-26)43-28-24(38)22(36)20(34)16(8-30)42-28/h2-6,9,15-16,20-24,26-32,34-38H,7-8H2,1H3/t15-,16-,20-,21-,22+,23+,24-,26+,27-,28+/m1/s1. The number of hydrogen-bond acceptors (Lipinski definition) is 15. The molecule has 5 rings (SSSR count). The molecule has 1 aromatic heterocycles. The Morgan fingerprint density at radius 3 is 2.09 bits per heavy atom. The lowest BCUT2D eigenvalue weighted by atomic mass is 9.89. The van der Waals surface area contributed by atoms with Crippen molar-refractivity contribution in [2.24, 2.45) is 0 Å². The van der Waals surface area contributed by atoms with Gasteiger partial charge in [0.15, 0.2) is 11.9 Å². The molecule has 2 aromatic carbocycles. The van der Waals surface area contributed by atoms with Crippen molar-refractivity contribution in [1.29, 1.82) is 0 Å². The van der Waals surface area contributed by atoms with Gasteiger partial charge in [-0.3, -0.25) is 4.79 Å². The molecule has 3 aromatic rings. The highest BCUT2D eigenvalue weighted by molar-refractivity contribution is 5.91. The molecule has 0 bridgehead atoms. The van der Waals surface area contributed by atoms with E-state index in [4.69, 9.17) is 23.4 Å². The van der Waals surface area contributed by atoms with Gasteiger partial charge in [0.1, 0.15) is 83.8 Å². The maximum absolute atomic E-state index is 13.6. The zero-order chi connectivity index (χ0) is 31.2. The van der Waals surface area contributed by atoms with E-state index in [1.54, 1.807) is 0 Å². The van der Waals surface area contributed by atoms with Crippen molar-refractivity contribution < 1.29 is 69.3 Å². The van der Waals surface area contributed by atoms with E-state index in [-0.39, 0.29) is 33.6 Å². The number of hydrogen-bond donors (Lipinski definition) is 9. The molecule has 9 N–H and O–H groups in total. The number of aliphatic hydroxyl groups excluding tert-OH is 7. The minimum absolute atomic E-state index is 0.0290. The van der Waals surface area contributed by atoms with Crippen LogP contribution in [0, 0.1) is 0 Å². The Balaban J connectivity index is 1.65. The number of methoxy groups -OCH3 is 1. The van der Waals surface area contributed by atoms with Gasteiger partial charge in [-0.1, -0.05) is 12.1 Å². The number of phenolic OH excluding ortho intramolecular Hbond substituents is 2. The van der Waals surface area contributed by atoms with Gasteiger partial charge in [-0.05, 0) is 17.7 Å². The number of ether oxygens (including phenoxy) is 4. The van der Waals surface area contributed by atoms with Crippen molar-refractivity contribution in [3.05, 3.63) is 52.4 Å². The minimum Gasteiger partial charge on any atom is -0.508 e. The Morgan fingerprint density at radius 2 is 1.47 bits per heavy atom. The number of aliphatic hydroxyl groups is 7. The van der Waals surface area contributed by atoms with Gasteiger partial charge in [0.2, 0.25) is 5.43 Å². The smallest absolute Gasteiger partial charge is 0.204 e. The summed E-state index contributed by atoms with van der Waals surface area (Å²) in [6.45, 7) is -1.53. The molecule has 2 aliphatic rings. The molecule has 43 heavy (non-hydrogen) atoms. The number of phenols is 2. The first-order valence-electron chi connectivity index (χ1n) is 13.3. The van der Waals surface area contributed by atoms with Gasteiger partial charge in [0.25, 0.3) is 0 Å². The third-order valence-corrected chi connectivity index (χ3v) is 7.72. The second-order valence-corrected chi connectivity index (χ2v) is 10.3. The van der Waals surface area contributed by atoms with Crippen molar-refractivity contribution in [3.8, 4) is 28.4 Å². The first kappa shape index (κ1) is 31.1. The Hall–Kier alpha value is -3.35. The highest BCUT2D eigenvalue weighted by atomic mass is 16.7. The normalized spacial score (nSPS) is 33.0. The predicted octanol–water partition coefficient (Wildman–Crippen LogP) is -1.78. The fourth-order valence-corrected chi connectivity index (χ4v) is 5.37. The van der Waals surface area contributed by atoms with Crippen LogP contribution in [-0.2, 0) is 14.2 Å². The van der Waals surface area contributed by atoms with Gasteiger partial charge in [-0.15, -0.1) is 0 Å². The average Bonchev–Trinajstić information content (AvgIpc) is 3.00. The minimum atomic E-state index is -1.89. The number of rotatable bonds is 7. The van der Waals surface area contributed by atoms with Crippen molar-refractivity contribution in [1.82, 2.24) is 0 Å². The van der Waals surface area contributed by atoms with Gasteiger partial charge in [0, 0.05) is 6.07 Å². The third-order valence-electron chi connectivity index (χ3n) is 7.72. The molecule has 0 unspecified atom stereocenters. The van der Waals surface area contributed by atoms with Crippen LogP contribution in [0.1, 0.15) is 11.7 Å². The molecular weight excluding hydrogens is 576 g/mol. The Labute approximate surface area is 242 Å². The van der Waals surface area contributed by atoms with Crippen LogP contribution in [0.4, 0.5) is 0 Å². The molecule has 2 saturated heterocycles. The summed E-state index contributed by atoms with van der Waals surface area (Å²) < 4.78 is 28.4. The Bertz CT molecular complexity index is 1490. The Kier molecular flexibility index (Phi) is 8.92. The summed E-state index contributed by atoms with van der Waals surface area (Å²) in [6, 6.07) is 6.74. The van der Waals surface area contributed by atoms with E-state index in [0.717, 1.165) is 12.3 Å². The van der Waals surface area contributed by atoms with E-state index in [0.29, 0.717) is 5.56 Å². The molecule has 2 aliphatic heterocycles. The van der Waals surface area contributed by atoms with Crippen molar-refractivity contribution in [2.45, 2.75) is 61.2 Å². The van der Waals surface area contributed by atoms with Crippen LogP contribution in [0.25, 0.3) is 22.1 Å². The average molecular weight is 609 g/mol. The highest BCUT2D eigenvalue weighted by Gasteiger charge is 2.52. The van der Waals surface area contributed by atoms with Crippen LogP contribution in [-0.4, -0.2) is 121 Å². The topological polar surface area (TPSA) is 249 Å².